The van der Waals surface area contributed by atoms with Gasteiger partial charge in [0.25, 0.3) is 5.91 Å². The molecule has 3 fully saturated rings. The van der Waals surface area contributed by atoms with E-state index in [-0.39, 0.29) is 31.2 Å². The molecule has 5 aliphatic rings. The number of carbonyl (C=O) groups excluding carboxylic acids is 4. The lowest BCUT2D eigenvalue weighted by molar-refractivity contribution is -0.244. The molecular formula is C40H50F3N5O9S. The molecule has 14 nitrogen and oxygen atoms in total. The molecule has 4 heterocycles. The average molecular weight is 834 g/mol. The molecule has 7 atom stereocenters. The van der Waals surface area contributed by atoms with Crippen molar-refractivity contribution >= 4 is 44.6 Å². The van der Waals surface area contributed by atoms with Crippen LogP contribution < -0.4 is 24.8 Å². The lowest BCUT2D eigenvalue weighted by Crippen LogP contribution is -2.59. The molecule has 3 aliphatic heterocycles. The SMILES string of the molecule is C[C@H]1CC/C=C\C2C[C@@]2(C(=O)NS(=O)(=O)C2(C)CC2)NC(=O)[C@@H]2C[C@@H](Oc3nccc4c5c(ccc34)CCO5)CN2C(=O)[C@@H](NC(=O)OC(C)(C)C(F)(F)F)[C@H](C)C1. The lowest BCUT2D eigenvalue weighted by atomic mass is 9.88. The Labute approximate surface area is 335 Å². The van der Waals surface area contributed by atoms with Gasteiger partial charge in [-0.05, 0) is 88.8 Å². The number of rotatable bonds is 7. The molecule has 4 amide bonds. The molecule has 7 rings (SSSR count). The van der Waals surface area contributed by atoms with Crippen molar-refractivity contribution in [1.29, 1.82) is 0 Å². The molecular weight excluding hydrogens is 784 g/mol. The van der Waals surface area contributed by atoms with E-state index in [0.29, 0.717) is 63.7 Å². The molecule has 1 aromatic heterocycles. The number of benzene rings is 1. The normalized spacial score (nSPS) is 30.3. The predicted molar refractivity (Wildman–Crippen MR) is 204 cm³/mol. The van der Waals surface area contributed by atoms with Crippen molar-refractivity contribution < 1.29 is 55.0 Å². The zero-order valence-corrected chi connectivity index (χ0v) is 33.9. The predicted octanol–water partition coefficient (Wildman–Crippen LogP) is 4.84. The number of nitrogens with zero attached hydrogens (tertiary/aromatic N) is 2. The molecule has 0 radical (unpaired) electrons. The Kier molecular flexibility index (Phi) is 10.7. The second-order valence-electron chi connectivity index (χ2n) is 17.3. The maximum atomic E-state index is 14.8. The number of aromatic nitrogens is 1. The van der Waals surface area contributed by atoms with Gasteiger partial charge in [0.15, 0.2) is 0 Å². The first-order chi connectivity index (χ1) is 27.1. The fourth-order valence-corrected chi connectivity index (χ4v) is 9.48. The van der Waals surface area contributed by atoms with Crippen LogP contribution in [0.3, 0.4) is 0 Å². The third kappa shape index (κ3) is 7.92. The summed E-state index contributed by atoms with van der Waals surface area (Å²) in [5.41, 5.74) is -3.49. The van der Waals surface area contributed by atoms with E-state index in [9.17, 15) is 40.8 Å². The number of pyridine rings is 1. The number of nitrogens with one attached hydrogen (secondary N) is 3. The van der Waals surface area contributed by atoms with Crippen molar-refractivity contribution in [1.82, 2.24) is 25.2 Å². The lowest BCUT2D eigenvalue weighted by Gasteiger charge is -2.34. The van der Waals surface area contributed by atoms with Crippen LogP contribution in [-0.2, 0) is 35.6 Å². The maximum absolute atomic E-state index is 14.8. The van der Waals surface area contributed by atoms with Gasteiger partial charge in [-0.25, -0.2) is 18.2 Å². The van der Waals surface area contributed by atoms with Crippen molar-refractivity contribution in [3.8, 4) is 11.6 Å². The minimum absolute atomic E-state index is 0.0331. The molecule has 316 valence electrons. The summed E-state index contributed by atoms with van der Waals surface area (Å²) in [5.74, 6) is -2.71. The first-order valence-electron chi connectivity index (χ1n) is 19.8. The number of alkyl carbamates (subject to hydrolysis) is 1. The summed E-state index contributed by atoms with van der Waals surface area (Å²) in [5, 5.41) is 6.60. The van der Waals surface area contributed by atoms with Crippen LogP contribution in [0.4, 0.5) is 18.0 Å². The highest BCUT2D eigenvalue weighted by Crippen LogP contribution is 2.48. The minimum Gasteiger partial charge on any atom is -0.492 e. The van der Waals surface area contributed by atoms with E-state index in [4.69, 9.17) is 14.2 Å². The number of amides is 4. The fourth-order valence-electron chi connectivity index (χ4n) is 8.17. The van der Waals surface area contributed by atoms with Gasteiger partial charge in [-0.15, -0.1) is 0 Å². The van der Waals surface area contributed by atoms with Crippen molar-refractivity contribution in [3.05, 3.63) is 42.1 Å². The number of fused-ring (bicyclic) bond motifs is 5. The van der Waals surface area contributed by atoms with Crippen molar-refractivity contribution in [3.63, 3.8) is 0 Å². The van der Waals surface area contributed by atoms with E-state index < -0.39 is 85.9 Å². The molecule has 0 spiro atoms. The average Bonchev–Trinajstić information content (AvgIpc) is 3.91. The monoisotopic (exact) mass is 833 g/mol. The molecule has 2 aromatic rings. The Hall–Kier alpha value is -4.61. The first-order valence-corrected chi connectivity index (χ1v) is 21.3. The van der Waals surface area contributed by atoms with Crippen LogP contribution in [-0.4, -0.2) is 95.5 Å². The van der Waals surface area contributed by atoms with Crippen molar-refractivity contribution in [2.24, 2.45) is 17.8 Å². The van der Waals surface area contributed by atoms with Gasteiger partial charge < -0.3 is 29.7 Å². The topological polar surface area (TPSA) is 182 Å². The molecule has 58 heavy (non-hydrogen) atoms. The second kappa shape index (κ2) is 14.9. The highest BCUT2D eigenvalue weighted by atomic mass is 32.2. The van der Waals surface area contributed by atoms with Crippen LogP contribution in [0.5, 0.6) is 11.6 Å². The van der Waals surface area contributed by atoms with Gasteiger partial charge in [-0.2, -0.15) is 13.2 Å². The van der Waals surface area contributed by atoms with E-state index in [0.717, 1.165) is 17.4 Å². The highest BCUT2D eigenvalue weighted by Gasteiger charge is 2.63. The molecule has 1 unspecified atom stereocenters. The van der Waals surface area contributed by atoms with Crippen LogP contribution in [0, 0.1) is 17.8 Å². The first kappa shape index (κ1) is 41.5. The summed E-state index contributed by atoms with van der Waals surface area (Å²) in [6.45, 7) is 6.90. The van der Waals surface area contributed by atoms with Gasteiger partial charge in [0.1, 0.15) is 29.5 Å². The van der Waals surface area contributed by atoms with E-state index in [1.54, 1.807) is 32.2 Å². The molecule has 18 heteroatoms. The van der Waals surface area contributed by atoms with Crippen LogP contribution >= 0.6 is 0 Å². The van der Waals surface area contributed by atoms with Crippen LogP contribution in [0.1, 0.15) is 85.1 Å². The van der Waals surface area contributed by atoms with Gasteiger partial charge in [0, 0.05) is 35.7 Å². The fraction of sp³-hybridized carbons (Fsp3) is 0.625. The summed E-state index contributed by atoms with van der Waals surface area (Å²) >= 11 is 0. The molecule has 0 bridgehead atoms. The van der Waals surface area contributed by atoms with Crippen LogP contribution in [0.15, 0.2) is 36.5 Å². The number of hydrogen-bond acceptors (Lipinski definition) is 10. The third-order valence-corrected chi connectivity index (χ3v) is 14.5. The zero-order chi connectivity index (χ0) is 42.0. The molecule has 1 saturated heterocycles. The van der Waals surface area contributed by atoms with Crippen molar-refractivity contribution in [2.45, 2.75) is 126 Å². The van der Waals surface area contributed by atoms with E-state index in [1.807, 2.05) is 25.1 Å². The van der Waals surface area contributed by atoms with Gasteiger partial charge in [-0.1, -0.05) is 32.1 Å². The summed E-state index contributed by atoms with van der Waals surface area (Å²) in [6, 6.07) is 2.83. The number of halogens is 3. The number of alkyl halides is 3. The maximum Gasteiger partial charge on any atom is 0.427 e. The zero-order valence-electron chi connectivity index (χ0n) is 33.1. The van der Waals surface area contributed by atoms with Gasteiger partial charge in [-0.3, -0.25) is 19.1 Å². The molecule has 3 N–H and O–H groups in total. The molecule has 1 aromatic carbocycles. The Bertz CT molecular complexity index is 2140. The van der Waals surface area contributed by atoms with Gasteiger partial charge in [0.2, 0.25) is 33.3 Å². The summed E-state index contributed by atoms with van der Waals surface area (Å²) in [7, 11) is -4.07. The minimum atomic E-state index is -4.91. The number of ether oxygens (including phenoxy) is 3. The van der Waals surface area contributed by atoms with Crippen molar-refractivity contribution in [2.75, 3.05) is 13.2 Å². The van der Waals surface area contributed by atoms with E-state index in [1.165, 1.54) is 4.90 Å². The van der Waals surface area contributed by atoms with E-state index >= 15 is 0 Å². The third-order valence-electron chi connectivity index (χ3n) is 12.4. The Balaban J connectivity index is 1.22. The largest absolute Gasteiger partial charge is 0.492 e. The van der Waals surface area contributed by atoms with Gasteiger partial charge >= 0.3 is 12.3 Å². The Morgan fingerprint density at radius 2 is 1.83 bits per heavy atom. The highest BCUT2D eigenvalue weighted by molar-refractivity contribution is 7.91. The van der Waals surface area contributed by atoms with Crippen LogP contribution in [0.25, 0.3) is 10.8 Å². The standard InChI is InChI=1S/C40H50F3N5O9S/c1-22-8-6-7-9-25-20-39(25,35(51)47-58(53,54)38(5)14-15-38)46-32(49)29-19-26(56-33-28-11-10-24-13-17-55-31(24)27(28)12-16-44-33)21-48(29)34(50)30(23(2)18-22)45-36(52)57-37(3,4)40(41,42)43/h7,9-12,16,22-23,25-26,29-30H,6,8,13-15,17-21H2,1-5H3,(H,45,52)(H,46,49)(H,47,51)/b9-7-/t22-,23+,25?,26+,29-,30-,39+/m0/s1. The smallest absolute Gasteiger partial charge is 0.427 e. The Morgan fingerprint density at radius 3 is 2.53 bits per heavy atom. The number of hydrogen-bond donors (Lipinski definition) is 3. The Morgan fingerprint density at radius 1 is 1.09 bits per heavy atom. The summed E-state index contributed by atoms with van der Waals surface area (Å²) in [6.07, 6.45) is 1.03. The number of allylic oxidation sites excluding steroid dienone is 1. The second-order valence-corrected chi connectivity index (χ2v) is 19.5. The summed E-state index contributed by atoms with van der Waals surface area (Å²) in [4.78, 5) is 62.0. The molecule has 2 aliphatic carbocycles. The quantitative estimate of drug-likeness (QED) is 0.327. The van der Waals surface area contributed by atoms with Gasteiger partial charge in [0.05, 0.1) is 17.9 Å². The van der Waals surface area contributed by atoms with E-state index in [2.05, 4.69) is 20.3 Å². The molecule has 2 saturated carbocycles. The number of sulfonamides is 1. The number of carbonyl (C=O) groups is 4. The summed E-state index contributed by atoms with van der Waals surface area (Å²) < 4.78 is 85.8. The van der Waals surface area contributed by atoms with Crippen LogP contribution in [0.2, 0.25) is 0 Å².